The first-order valence-corrected chi connectivity index (χ1v) is 8.86. The van der Waals surface area contributed by atoms with E-state index in [4.69, 9.17) is 4.42 Å². The van der Waals surface area contributed by atoms with E-state index in [1.54, 1.807) is 11.6 Å². The number of amides is 1. The summed E-state index contributed by atoms with van der Waals surface area (Å²) in [5, 5.41) is 9.05. The zero-order chi connectivity index (χ0) is 16.4. The Morgan fingerprint density at radius 2 is 2.33 bits per heavy atom. The monoisotopic (exact) mass is 343 g/mol. The summed E-state index contributed by atoms with van der Waals surface area (Å²) in [6.07, 6.45) is 7.23. The predicted molar refractivity (Wildman–Crippen MR) is 88.4 cm³/mol. The quantitative estimate of drug-likeness (QED) is 0.788. The molecule has 1 N–H and O–H groups in total. The van der Waals surface area contributed by atoms with E-state index in [1.807, 2.05) is 17.0 Å². The second kappa shape index (κ2) is 6.56. The van der Waals surface area contributed by atoms with Crippen LogP contribution in [0, 0.1) is 0 Å². The third-order valence-electron chi connectivity index (χ3n) is 4.23. The summed E-state index contributed by atoms with van der Waals surface area (Å²) in [5.74, 6) is 1.37. The van der Waals surface area contributed by atoms with E-state index < -0.39 is 0 Å². The molecule has 0 saturated carbocycles. The zero-order valence-electron chi connectivity index (χ0n) is 13.0. The van der Waals surface area contributed by atoms with Gasteiger partial charge in [-0.3, -0.25) is 9.89 Å². The van der Waals surface area contributed by atoms with Crippen LogP contribution in [0.25, 0.3) is 10.8 Å². The van der Waals surface area contributed by atoms with Crippen molar-refractivity contribution in [2.24, 2.45) is 0 Å². The topological polar surface area (TPSA) is 87.9 Å². The minimum atomic E-state index is -0.0553. The molecule has 0 unspecified atom stereocenters. The summed E-state index contributed by atoms with van der Waals surface area (Å²) >= 11 is 1.39. The molecule has 8 heteroatoms. The summed E-state index contributed by atoms with van der Waals surface area (Å²) in [4.78, 5) is 23.4. The number of nitrogens with one attached hydrogen (secondary N) is 1. The fourth-order valence-electron chi connectivity index (χ4n) is 3.06. The van der Waals surface area contributed by atoms with Gasteiger partial charge in [-0.25, -0.2) is 9.97 Å². The average molecular weight is 343 g/mol. The Balaban J connectivity index is 1.61. The lowest BCUT2D eigenvalue weighted by atomic mass is 10.1. The number of carbonyl (C=O) groups excluding carboxylic acids is 1. The Hall–Kier alpha value is -2.48. The van der Waals surface area contributed by atoms with Gasteiger partial charge in [0.15, 0.2) is 10.8 Å². The van der Waals surface area contributed by atoms with E-state index >= 15 is 0 Å². The minimum absolute atomic E-state index is 0.0228. The number of hydrogen-bond acceptors (Lipinski definition) is 6. The molecule has 1 fully saturated rings. The van der Waals surface area contributed by atoms with Gasteiger partial charge in [0.25, 0.3) is 5.91 Å². The van der Waals surface area contributed by atoms with E-state index in [0.29, 0.717) is 16.5 Å². The van der Waals surface area contributed by atoms with Crippen LogP contribution in [0.2, 0.25) is 0 Å². The van der Waals surface area contributed by atoms with Gasteiger partial charge in [0.2, 0.25) is 0 Å². The first-order chi connectivity index (χ1) is 11.8. The SMILES string of the molecule is O=C(c1csc(-c2ncn[nH]2)n1)N1CCCCC[C@@H]1c1ccco1. The first kappa shape index (κ1) is 15.1. The van der Waals surface area contributed by atoms with Crippen LogP contribution in [-0.2, 0) is 0 Å². The maximum atomic E-state index is 13.0. The highest BCUT2D eigenvalue weighted by Crippen LogP contribution is 2.32. The lowest BCUT2D eigenvalue weighted by Gasteiger charge is -2.28. The summed E-state index contributed by atoms with van der Waals surface area (Å²) in [6, 6.07) is 3.79. The molecule has 0 spiro atoms. The summed E-state index contributed by atoms with van der Waals surface area (Å²) in [5.41, 5.74) is 0.449. The van der Waals surface area contributed by atoms with Crippen LogP contribution in [0.4, 0.5) is 0 Å². The molecular formula is C16H17N5O2S. The highest BCUT2D eigenvalue weighted by atomic mass is 32.1. The molecule has 24 heavy (non-hydrogen) atoms. The Kier molecular flexibility index (Phi) is 4.12. The number of aromatic amines is 1. The molecule has 0 radical (unpaired) electrons. The molecule has 3 aromatic rings. The Morgan fingerprint density at radius 1 is 1.38 bits per heavy atom. The Morgan fingerprint density at radius 3 is 3.12 bits per heavy atom. The van der Waals surface area contributed by atoms with Gasteiger partial charge in [-0.2, -0.15) is 5.10 Å². The minimum Gasteiger partial charge on any atom is -0.467 e. The maximum absolute atomic E-state index is 13.0. The van der Waals surface area contributed by atoms with Crippen LogP contribution in [0.5, 0.6) is 0 Å². The standard InChI is InChI=1S/C16H17N5O2S/c22-16(11-9-24-15(19-11)14-17-10-18-20-14)21-7-3-1-2-5-12(21)13-6-4-8-23-13/h4,6,8-10,12H,1-3,5,7H2,(H,17,18,20)/t12-/m1/s1. The molecule has 4 rings (SSSR count). The van der Waals surface area contributed by atoms with E-state index in [9.17, 15) is 4.79 Å². The van der Waals surface area contributed by atoms with Crippen LogP contribution < -0.4 is 0 Å². The van der Waals surface area contributed by atoms with Gasteiger partial charge in [-0.1, -0.05) is 12.8 Å². The van der Waals surface area contributed by atoms with Crippen molar-refractivity contribution in [2.45, 2.75) is 31.7 Å². The van der Waals surface area contributed by atoms with E-state index in [2.05, 4.69) is 20.2 Å². The highest BCUT2D eigenvalue weighted by Gasteiger charge is 2.30. The smallest absolute Gasteiger partial charge is 0.273 e. The summed E-state index contributed by atoms with van der Waals surface area (Å²) in [7, 11) is 0. The number of H-pyrrole nitrogens is 1. The zero-order valence-corrected chi connectivity index (χ0v) is 13.8. The van der Waals surface area contributed by atoms with Crippen molar-refractivity contribution >= 4 is 17.2 Å². The lowest BCUT2D eigenvalue weighted by Crippen LogP contribution is -2.34. The van der Waals surface area contributed by atoms with E-state index in [-0.39, 0.29) is 11.9 Å². The highest BCUT2D eigenvalue weighted by molar-refractivity contribution is 7.13. The van der Waals surface area contributed by atoms with Crippen molar-refractivity contribution in [2.75, 3.05) is 6.54 Å². The molecule has 1 saturated heterocycles. The second-order valence-corrected chi connectivity index (χ2v) is 6.61. The average Bonchev–Trinajstić information content (AvgIpc) is 3.33. The third kappa shape index (κ3) is 2.84. The molecule has 0 aliphatic carbocycles. The number of hydrogen-bond donors (Lipinski definition) is 1. The van der Waals surface area contributed by atoms with Gasteiger partial charge in [0, 0.05) is 11.9 Å². The van der Waals surface area contributed by atoms with Crippen molar-refractivity contribution in [3.8, 4) is 10.8 Å². The number of nitrogens with zero attached hydrogens (tertiary/aromatic N) is 4. The lowest BCUT2D eigenvalue weighted by molar-refractivity contribution is 0.0653. The predicted octanol–water partition coefficient (Wildman–Crippen LogP) is 3.28. The van der Waals surface area contributed by atoms with Gasteiger partial charge in [-0.15, -0.1) is 11.3 Å². The first-order valence-electron chi connectivity index (χ1n) is 7.98. The maximum Gasteiger partial charge on any atom is 0.273 e. The van der Waals surface area contributed by atoms with Gasteiger partial charge in [0.05, 0.1) is 12.3 Å². The van der Waals surface area contributed by atoms with Crippen molar-refractivity contribution in [3.63, 3.8) is 0 Å². The molecule has 0 aromatic carbocycles. The molecule has 1 aliphatic heterocycles. The van der Waals surface area contributed by atoms with Crippen LogP contribution in [0.1, 0.15) is 48.0 Å². The van der Waals surface area contributed by atoms with E-state index in [0.717, 1.165) is 38.0 Å². The van der Waals surface area contributed by atoms with Gasteiger partial charge < -0.3 is 9.32 Å². The Bertz CT molecular complexity index is 796. The van der Waals surface area contributed by atoms with Crippen LogP contribution in [0.3, 0.4) is 0 Å². The van der Waals surface area contributed by atoms with Crippen LogP contribution in [0.15, 0.2) is 34.5 Å². The van der Waals surface area contributed by atoms with Crippen LogP contribution in [-0.4, -0.2) is 37.5 Å². The molecular weight excluding hydrogens is 326 g/mol. The van der Waals surface area contributed by atoms with Gasteiger partial charge in [-0.05, 0) is 25.0 Å². The molecule has 0 bridgehead atoms. The van der Waals surface area contributed by atoms with Crippen molar-refractivity contribution in [1.29, 1.82) is 0 Å². The number of aromatic nitrogens is 4. The molecule has 124 valence electrons. The number of carbonyl (C=O) groups is 1. The number of furan rings is 1. The fraction of sp³-hybridized carbons (Fsp3) is 0.375. The summed E-state index contributed by atoms with van der Waals surface area (Å²) in [6.45, 7) is 0.722. The van der Waals surface area contributed by atoms with Crippen LogP contribution >= 0.6 is 11.3 Å². The van der Waals surface area contributed by atoms with E-state index in [1.165, 1.54) is 17.7 Å². The van der Waals surface area contributed by atoms with Crippen molar-refractivity contribution in [3.05, 3.63) is 41.6 Å². The molecule has 7 nitrogen and oxygen atoms in total. The van der Waals surface area contributed by atoms with Gasteiger partial charge in [0.1, 0.15) is 17.8 Å². The molecule has 1 amide bonds. The summed E-state index contributed by atoms with van der Waals surface area (Å²) < 4.78 is 5.57. The molecule has 1 aliphatic rings. The normalized spacial score (nSPS) is 18.5. The molecule has 3 aromatic heterocycles. The molecule has 4 heterocycles. The van der Waals surface area contributed by atoms with Crippen molar-refractivity contribution < 1.29 is 9.21 Å². The van der Waals surface area contributed by atoms with Crippen molar-refractivity contribution in [1.82, 2.24) is 25.1 Å². The second-order valence-electron chi connectivity index (χ2n) is 5.75. The van der Waals surface area contributed by atoms with Gasteiger partial charge >= 0.3 is 0 Å². The largest absolute Gasteiger partial charge is 0.467 e. The number of thiazole rings is 1. The number of likely N-dealkylation sites (tertiary alicyclic amines) is 1. The third-order valence-corrected chi connectivity index (χ3v) is 5.08. The fourth-order valence-corrected chi connectivity index (χ4v) is 3.80. The molecule has 1 atom stereocenters. The Labute approximate surface area is 142 Å². The number of rotatable bonds is 3.